The predicted molar refractivity (Wildman–Crippen MR) is 114 cm³/mol. The highest BCUT2D eigenvalue weighted by atomic mass is 32.2. The van der Waals surface area contributed by atoms with Crippen molar-refractivity contribution in [3.63, 3.8) is 0 Å². The SMILES string of the molecule is CSCCC(NC(=O)COc1ccccc1)C(=O)Nc1ccc(SC)cc1. The molecule has 2 rings (SSSR count). The second-order valence-electron chi connectivity index (χ2n) is 5.72. The number of hydrogen-bond acceptors (Lipinski definition) is 5. The fourth-order valence-corrected chi connectivity index (χ4v) is 3.19. The minimum atomic E-state index is -0.607. The molecule has 0 aliphatic rings. The number of rotatable bonds is 10. The van der Waals surface area contributed by atoms with Crippen LogP contribution in [-0.4, -0.2) is 42.7 Å². The third kappa shape index (κ3) is 7.56. The minimum absolute atomic E-state index is 0.129. The van der Waals surface area contributed by atoms with Crippen LogP contribution in [0.15, 0.2) is 59.5 Å². The number of ether oxygens (including phenoxy) is 1. The molecule has 1 atom stereocenters. The van der Waals surface area contributed by atoms with Crippen molar-refractivity contribution in [1.82, 2.24) is 5.32 Å². The smallest absolute Gasteiger partial charge is 0.258 e. The van der Waals surface area contributed by atoms with E-state index in [1.54, 1.807) is 35.7 Å². The summed E-state index contributed by atoms with van der Waals surface area (Å²) in [5, 5.41) is 5.64. The van der Waals surface area contributed by atoms with Crippen LogP contribution in [0.3, 0.4) is 0 Å². The van der Waals surface area contributed by atoms with Gasteiger partial charge in [-0.05, 0) is 61.1 Å². The highest BCUT2D eigenvalue weighted by Gasteiger charge is 2.20. The van der Waals surface area contributed by atoms with Gasteiger partial charge in [0.15, 0.2) is 6.61 Å². The number of carbonyl (C=O) groups excluding carboxylic acids is 2. The summed E-state index contributed by atoms with van der Waals surface area (Å²) in [6.45, 7) is -0.129. The highest BCUT2D eigenvalue weighted by molar-refractivity contribution is 7.98. The zero-order valence-corrected chi connectivity index (χ0v) is 17.1. The molecule has 0 fully saturated rings. The van der Waals surface area contributed by atoms with Crippen molar-refractivity contribution in [2.24, 2.45) is 0 Å². The molecule has 0 saturated heterocycles. The van der Waals surface area contributed by atoms with E-state index in [2.05, 4.69) is 10.6 Å². The molecule has 2 aromatic carbocycles. The predicted octanol–water partition coefficient (Wildman–Crippen LogP) is 3.66. The van der Waals surface area contributed by atoms with E-state index in [1.807, 2.05) is 55.0 Å². The van der Waals surface area contributed by atoms with Crippen molar-refractivity contribution in [2.45, 2.75) is 17.4 Å². The Hall–Kier alpha value is -2.12. The van der Waals surface area contributed by atoms with E-state index >= 15 is 0 Å². The van der Waals surface area contributed by atoms with Crippen LogP contribution in [0.4, 0.5) is 5.69 Å². The van der Waals surface area contributed by atoms with E-state index in [9.17, 15) is 9.59 Å². The number of amides is 2. The number of nitrogens with one attached hydrogen (secondary N) is 2. The van der Waals surface area contributed by atoms with E-state index in [-0.39, 0.29) is 18.4 Å². The first-order valence-corrected chi connectivity index (χ1v) is 11.2. The van der Waals surface area contributed by atoms with Crippen LogP contribution < -0.4 is 15.4 Å². The fraction of sp³-hybridized carbons (Fsp3) is 0.300. The van der Waals surface area contributed by atoms with E-state index in [4.69, 9.17) is 4.74 Å². The molecule has 1 unspecified atom stereocenters. The van der Waals surface area contributed by atoms with E-state index in [0.717, 1.165) is 10.6 Å². The van der Waals surface area contributed by atoms with Crippen LogP contribution in [0.5, 0.6) is 5.75 Å². The van der Waals surface area contributed by atoms with Crippen LogP contribution in [0, 0.1) is 0 Å². The van der Waals surface area contributed by atoms with Gasteiger partial charge in [0, 0.05) is 10.6 Å². The van der Waals surface area contributed by atoms with Crippen molar-refractivity contribution < 1.29 is 14.3 Å². The summed E-state index contributed by atoms with van der Waals surface area (Å²) in [6, 6.07) is 16.1. The lowest BCUT2D eigenvalue weighted by Crippen LogP contribution is -2.45. The molecule has 2 aromatic rings. The molecule has 5 nitrogen and oxygen atoms in total. The lowest BCUT2D eigenvalue weighted by Gasteiger charge is -2.18. The summed E-state index contributed by atoms with van der Waals surface area (Å²) in [7, 11) is 0. The molecule has 0 heterocycles. The van der Waals surface area contributed by atoms with Crippen molar-refractivity contribution in [1.29, 1.82) is 0 Å². The van der Waals surface area contributed by atoms with Gasteiger partial charge in [-0.2, -0.15) is 11.8 Å². The van der Waals surface area contributed by atoms with Crippen LogP contribution in [-0.2, 0) is 9.59 Å². The van der Waals surface area contributed by atoms with Gasteiger partial charge in [0.05, 0.1) is 0 Å². The molecule has 2 amide bonds. The third-order valence-electron chi connectivity index (χ3n) is 3.73. The molecule has 0 aromatic heterocycles. The molecule has 2 N–H and O–H groups in total. The maximum Gasteiger partial charge on any atom is 0.258 e. The Labute approximate surface area is 168 Å². The molecule has 0 radical (unpaired) electrons. The third-order valence-corrected chi connectivity index (χ3v) is 5.12. The quantitative estimate of drug-likeness (QED) is 0.592. The number of thioether (sulfide) groups is 2. The van der Waals surface area contributed by atoms with Gasteiger partial charge in [-0.1, -0.05) is 18.2 Å². The van der Waals surface area contributed by atoms with Crippen LogP contribution >= 0.6 is 23.5 Å². The van der Waals surface area contributed by atoms with Gasteiger partial charge in [0.1, 0.15) is 11.8 Å². The van der Waals surface area contributed by atoms with Crippen molar-refractivity contribution in [2.75, 3.05) is 30.2 Å². The Morgan fingerprint density at radius 3 is 2.37 bits per heavy atom. The second kappa shape index (κ2) is 11.6. The minimum Gasteiger partial charge on any atom is -0.484 e. The van der Waals surface area contributed by atoms with Gasteiger partial charge in [0.25, 0.3) is 5.91 Å². The summed E-state index contributed by atoms with van der Waals surface area (Å²) < 4.78 is 5.45. The topological polar surface area (TPSA) is 67.4 Å². The molecular weight excluding hydrogens is 380 g/mol. The summed E-state index contributed by atoms with van der Waals surface area (Å²) in [6.07, 6.45) is 4.52. The maximum absolute atomic E-state index is 12.6. The van der Waals surface area contributed by atoms with Gasteiger partial charge in [0.2, 0.25) is 5.91 Å². The number of benzene rings is 2. The summed E-state index contributed by atoms with van der Waals surface area (Å²) in [5.41, 5.74) is 0.710. The highest BCUT2D eigenvalue weighted by Crippen LogP contribution is 2.18. The summed E-state index contributed by atoms with van der Waals surface area (Å²) in [5.74, 6) is 0.835. The van der Waals surface area contributed by atoms with Crippen molar-refractivity contribution in [3.8, 4) is 5.75 Å². The first-order valence-electron chi connectivity index (χ1n) is 8.53. The Morgan fingerprint density at radius 1 is 1.04 bits per heavy atom. The standard InChI is InChI=1S/C20H24N2O3S2/c1-26-13-12-18(20(24)21-15-8-10-17(27-2)11-9-15)22-19(23)14-25-16-6-4-3-5-7-16/h3-11,18H,12-14H2,1-2H3,(H,21,24)(H,22,23). The van der Waals surface area contributed by atoms with Crippen LogP contribution in [0.25, 0.3) is 0 Å². The average molecular weight is 405 g/mol. The molecule has 27 heavy (non-hydrogen) atoms. The van der Waals surface area contributed by atoms with Gasteiger partial charge in [-0.3, -0.25) is 9.59 Å². The number of para-hydroxylation sites is 1. The fourth-order valence-electron chi connectivity index (χ4n) is 2.31. The lowest BCUT2D eigenvalue weighted by atomic mass is 10.2. The number of hydrogen-bond donors (Lipinski definition) is 2. The Kier molecular flexibility index (Phi) is 9.07. The first-order chi connectivity index (χ1) is 13.1. The molecule has 0 spiro atoms. The molecule has 0 saturated carbocycles. The van der Waals surface area contributed by atoms with Gasteiger partial charge in [-0.25, -0.2) is 0 Å². The van der Waals surface area contributed by atoms with Crippen LogP contribution in [0.2, 0.25) is 0 Å². The maximum atomic E-state index is 12.6. The van der Waals surface area contributed by atoms with Crippen LogP contribution in [0.1, 0.15) is 6.42 Å². The zero-order chi connectivity index (χ0) is 19.5. The summed E-state index contributed by atoms with van der Waals surface area (Å²) >= 11 is 3.27. The molecular formula is C20H24N2O3S2. The second-order valence-corrected chi connectivity index (χ2v) is 7.59. The van der Waals surface area contributed by atoms with E-state index in [1.165, 1.54) is 0 Å². The largest absolute Gasteiger partial charge is 0.484 e. The van der Waals surface area contributed by atoms with E-state index < -0.39 is 6.04 Å². The monoisotopic (exact) mass is 404 g/mol. The molecule has 0 aliphatic heterocycles. The number of carbonyl (C=O) groups is 2. The Morgan fingerprint density at radius 2 is 1.74 bits per heavy atom. The molecule has 144 valence electrons. The Bertz CT molecular complexity index is 724. The molecule has 7 heteroatoms. The lowest BCUT2D eigenvalue weighted by molar-refractivity contribution is -0.127. The first kappa shape index (κ1) is 21.2. The van der Waals surface area contributed by atoms with Crippen molar-refractivity contribution in [3.05, 3.63) is 54.6 Å². The average Bonchev–Trinajstić information content (AvgIpc) is 2.70. The molecule has 0 aliphatic carbocycles. The zero-order valence-electron chi connectivity index (χ0n) is 15.4. The van der Waals surface area contributed by atoms with Gasteiger partial charge in [-0.15, -0.1) is 11.8 Å². The normalized spacial score (nSPS) is 11.5. The molecule has 0 bridgehead atoms. The summed E-state index contributed by atoms with van der Waals surface area (Å²) in [4.78, 5) is 25.9. The van der Waals surface area contributed by atoms with Gasteiger partial charge >= 0.3 is 0 Å². The van der Waals surface area contributed by atoms with Gasteiger partial charge < -0.3 is 15.4 Å². The van der Waals surface area contributed by atoms with Crippen molar-refractivity contribution >= 4 is 41.0 Å². The van der Waals surface area contributed by atoms with E-state index in [0.29, 0.717) is 17.9 Å². The Balaban J connectivity index is 1.91. The number of anilines is 1.